The van der Waals surface area contributed by atoms with Gasteiger partial charge in [-0.1, -0.05) is 0 Å². The molecule has 3 aliphatic rings. The Labute approximate surface area is 155 Å². The van der Waals surface area contributed by atoms with Crippen LogP contribution in [0.1, 0.15) is 49.1 Å². The number of hydrogen-bond acceptors (Lipinski definition) is 3. The molecular weight excluding hydrogens is 328 g/mol. The Bertz CT molecular complexity index is 726. The molecule has 1 aromatic heterocycles. The van der Waals surface area contributed by atoms with E-state index in [-0.39, 0.29) is 5.91 Å². The second kappa shape index (κ2) is 6.71. The van der Waals surface area contributed by atoms with Gasteiger partial charge in [0.2, 0.25) is 11.8 Å². The highest BCUT2D eigenvalue weighted by Crippen LogP contribution is 2.38. The van der Waals surface area contributed by atoms with E-state index in [0.29, 0.717) is 36.6 Å². The highest BCUT2D eigenvalue weighted by molar-refractivity contribution is 5.78. The summed E-state index contributed by atoms with van der Waals surface area (Å²) in [5, 5.41) is 4.45. The number of piperidine rings is 3. The van der Waals surface area contributed by atoms with Crippen LogP contribution in [0.25, 0.3) is 0 Å². The normalized spacial score (nSPS) is 28.3. The Kier molecular flexibility index (Phi) is 4.53. The average molecular weight is 358 g/mol. The maximum atomic E-state index is 12.9. The molecule has 4 rings (SSSR count). The lowest BCUT2D eigenvalue weighted by atomic mass is 9.76. The largest absolute Gasteiger partial charge is 0.342 e. The van der Waals surface area contributed by atoms with Gasteiger partial charge in [-0.3, -0.25) is 14.3 Å². The van der Waals surface area contributed by atoms with Gasteiger partial charge in [-0.05, 0) is 56.9 Å². The van der Waals surface area contributed by atoms with Gasteiger partial charge in [-0.25, -0.2) is 0 Å². The van der Waals surface area contributed by atoms with Gasteiger partial charge in [-0.2, -0.15) is 5.10 Å². The summed E-state index contributed by atoms with van der Waals surface area (Å²) in [7, 11) is 1.96. The van der Waals surface area contributed by atoms with Crippen molar-refractivity contribution in [1.82, 2.24) is 19.6 Å². The fourth-order valence-electron chi connectivity index (χ4n) is 5.38. The molecule has 1 aromatic rings. The molecule has 3 atom stereocenters. The van der Waals surface area contributed by atoms with Crippen molar-refractivity contribution in [3.05, 3.63) is 17.0 Å². The molecule has 0 aliphatic carbocycles. The zero-order chi connectivity index (χ0) is 18.4. The summed E-state index contributed by atoms with van der Waals surface area (Å²) in [5.41, 5.74) is 3.40. The van der Waals surface area contributed by atoms with Gasteiger partial charge in [0.15, 0.2) is 0 Å². The van der Waals surface area contributed by atoms with Crippen molar-refractivity contribution in [2.75, 3.05) is 19.6 Å². The predicted octanol–water partition coefficient (Wildman–Crippen LogP) is 1.83. The standard InChI is InChI=1S/C20H30N4O2/c1-13-17(14(2)22(3)21-13)7-8-19(25)23-10-15-9-16(12-23)18-5-4-6-20(26)24(18)11-15/h15-16,18H,4-12H2,1-3H3/t15-,16-,18-/m1/s1. The fraction of sp³-hybridized carbons (Fsp3) is 0.750. The number of amides is 2. The predicted molar refractivity (Wildman–Crippen MR) is 98.5 cm³/mol. The van der Waals surface area contributed by atoms with Crippen LogP contribution in [0.5, 0.6) is 0 Å². The molecule has 0 saturated carbocycles. The Hall–Kier alpha value is -1.85. The lowest BCUT2D eigenvalue weighted by Crippen LogP contribution is -2.61. The number of hydrogen-bond donors (Lipinski definition) is 0. The quantitative estimate of drug-likeness (QED) is 0.828. The molecule has 0 spiro atoms. The van der Waals surface area contributed by atoms with Crippen molar-refractivity contribution < 1.29 is 9.59 Å². The molecule has 4 heterocycles. The summed E-state index contributed by atoms with van der Waals surface area (Å²) >= 11 is 0. The second-order valence-electron chi connectivity index (χ2n) is 8.44. The van der Waals surface area contributed by atoms with E-state index in [9.17, 15) is 9.59 Å². The van der Waals surface area contributed by atoms with Gasteiger partial charge in [0, 0.05) is 51.3 Å². The number of aromatic nitrogens is 2. The molecule has 0 N–H and O–H groups in total. The molecule has 0 aromatic carbocycles. The van der Waals surface area contributed by atoms with Crippen LogP contribution < -0.4 is 0 Å². The zero-order valence-electron chi connectivity index (χ0n) is 16.2. The second-order valence-corrected chi connectivity index (χ2v) is 8.44. The highest BCUT2D eigenvalue weighted by Gasteiger charge is 2.44. The molecule has 6 nitrogen and oxygen atoms in total. The van der Waals surface area contributed by atoms with Crippen molar-refractivity contribution >= 4 is 11.8 Å². The Morgan fingerprint density at radius 1 is 1.23 bits per heavy atom. The number of fused-ring (bicyclic) bond motifs is 4. The molecule has 3 aliphatic heterocycles. The highest BCUT2D eigenvalue weighted by atomic mass is 16.2. The van der Waals surface area contributed by atoms with Gasteiger partial charge in [-0.15, -0.1) is 0 Å². The van der Waals surface area contributed by atoms with Gasteiger partial charge in [0.25, 0.3) is 0 Å². The topological polar surface area (TPSA) is 58.4 Å². The van der Waals surface area contributed by atoms with Crippen LogP contribution in [0.2, 0.25) is 0 Å². The molecule has 6 heteroatoms. The first-order valence-corrected chi connectivity index (χ1v) is 10.0. The minimum absolute atomic E-state index is 0.262. The van der Waals surface area contributed by atoms with E-state index in [1.54, 1.807) is 0 Å². The Balaban J connectivity index is 1.40. The van der Waals surface area contributed by atoms with E-state index in [1.807, 2.05) is 18.7 Å². The SMILES string of the molecule is Cc1nn(C)c(C)c1CCC(=O)N1C[C@H]2C[C@H](C1)[C@H]1CCCC(=O)N1C2. The van der Waals surface area contributed by atoms with Crippen LogP contribution in [-0.2, 0) is 23.1 Å². The number of likely N-dealkylation sites (tertiary alicyclic amines) is 1. The summed E-state index contributed by atoms with van der Waals surface area (Å²) in [4.78, 5) is 29.3. The number of carbonyl (C=O) groups excluding carboxylic acids is 2. The van der Waals surface area contributed by atoms with Gasteiger partial charge < -0.3 is 9.80 Å². The third-order valence-corrected chi connectivity index (χ3v) is 6.78. The summed E-state index contributed by atoms with van der Waals surface area (Å²) in [5.74, 6) is 1.52. The van der Waals surface area contributed by atoms with E-state index in [1.165, 1.54) is 12.0 Å². The maximum absolute atomic E-state index is 12.9. The molecule has 2 amide bonds. The van der Waals surface area contributed by atoms with Crippen molar-refractivity contribution in [3.8, 4) is 0 Å². The summed E-state index contributed by atoms with van der Waals surface area (Å²) in [6.07, 6.45) is 5.33. The third kappa shape index (κ3) is 3.03. The monoisotopic (exact) mass is 358 g/mol. The maximum Gasteiger partial charge on any atom is 0.222 e. The minimum atomic E-state index is 0.262. The lowest BCUT2D eigenvalue weighted by molar-refractivity contribution is -0.148. The summed E-state index contributed by atoms with van der Waals surface area (Å²) < 4.78 is 1.90. The van der Waals surface area contributed by atoms with E-state index in [4.69, 9.17) is 0 Å². The number of carbonyl (C=O) groups is 2. The third-order valence-electron chi connectivity index (χ3n) is 6.78. The van der Waals surface area contributed by atoms with E-state index >= 15 is 0 Å². The first-order valence-electron chi connectivity index (χ1n) is 10.0. The van der Waals surface area contributed by atoms with Gasteiger partial charge in [0.05, 0.1) is 5.69 Å². The van der Waals surface area contributed by atoms with Crippen LogP contribution in [0.15, 0.2) is 0 Å². The van der Waals surface area contributed by atoms with Crippen LogP contribution >= 0.6 is 0 Å². The van der Waals surface area contributed by atoms with Crippen LogP contribution in [0.3, 0.4) is 0 Å². The van der Waals surface area contributed by atoms with E-state index in [0.717, 1.165) is 50.3 Å². The minimum Gasteiger partial charge on any atom is -0.342 e. The Morgan fingerprint density at radius 2 is 2.04 bits per heavy atom. The van der Waals surface area contributed by atoms with Crippen molar-refractivity contribution in [1.29, 1.82) is 0 Å². The van der Waals surface area contributed by atoms with Crippen LogP contribution in [0, 0.1) is 25.7 Å². The molecule has 0 unspecified atom stereocenters. The first-order chi connectivity index (χ1) is 12.4. The zero-order valence-corrected chi connectivity index (χ0v) is 16.2. The molecular formula is C20H30N4O2. The average Bonchev–Trinajstić information content (AvgIpc) is 2.86. The fourth-order valence-corrected chi connectivity index (χ4v) is 5.38. The smallest absolute Gasteiger partial charge is 0.222 e. The number of nitrogens with zero attached hydrogens (tertiary/aromatic N) is 4. The number of rotatable bonds is 3. The van der Waals surface area contributed by atoms with Crippen molar-refractivity contribution in [2.24, 2.45) is 18.9 Å². The van der Waals surface area contributed by atoms with Crippen molar-refractivity contribution in [2.45, 2.75) is 58.4 Å². The molecule has 3 saturated heterocycles. The number of aryl methyl sites for hydroxylation is 2. The molecule has 3 fully saturated rings. The van der Waals surface area contributed by atoms with E-state index in [2.05, 4.69) is 21.8 Å². The molecule has 0 radical (unpaired) electrons. The van der Waals surface area contributed by atoms with Gasteiger partial charge in [0.1, 0.15) is 0 Å². The van der Waals surface area contributed by atoms with Crippen molar-refractivity contribution in [3.63, 3.8) is 0 Å². The van der Waals surface area contributed by atoms with E-state index < -0.39 is 0 Å². The summed E-state index contributed by atoms with van der Waals surface area (Å²) in [6, 6.07) is 0.367. The summed E-state index contributed by atoms with van der Waals surface area (Å²) in [6.45, 7) is 6.59. The lowest BCUT2D eigenvalue weighted by Gasteiger charge is -2.52. The van der Waals surface area contributed by atoms with Gasteiger partial charge >= 0.3 is 0 Å². The Morgan fingerprint density at radius 3 is 2.77 bits per heavy atom. The first kappa shape index (κ1) is 17.6. The van der Waals surface area contributed by atoms with Crippen LogP contribution in [0.4, 0.5) is 0 Å². The molecule has 142 valence electrons. The van der Waals surface area contributed by atoms with Crippen LogP contribution in [-0.4, -0.2) is 57.1 Å². The molecule has 2 bridgehead atoms. The molecule has 26 heavy (non-hydrogen) atoms.